The van der Waals surface area contributed by atoms with Gasteiger partial charge in [0.1, 0.15) is 0 Å². The molecule has 1 atom stereocenters. The zero-order chi connectivity index (χ0) is 11.0. The Bertz CT molecular complexity index is 479. The molecule has 80 valence electrons. The molecule has 1 aliphatic rings. The predicted octanol–water partition coefficient (Wildman–Crippen LogP) is 4.21. The van der Waals surface area contributed by atoms with Crippen molar-refractivity contribution >= 4 is 34.4 Å². The fourth-order valence-corrected chi connectivity index (χ4v) is 4.31. The van der Waals surface area contributed by atoms with Crippen LogP contribution in [0.5, 0.6) is 0 Å². The third kappa shape index (κ3) is 1.76. The summed E-state index contributed by atoms with van der Waals surface area (Å²) in [6.45, 7) is 0. The quantitative estimate of drug-likeness (QED) is 0.527. The molecule has 1 nitrogen and oxygen atoms in total. The molecule has 1 unspecified atom stereocenters. The lowest BCUT2D eigenvalue weighted by Gasteiger charge is -2.11. The molecule has 0 N–H and O–H groups in total. The fraction of sp³-hybridized carbons (Fsp3) is 0.154. The highest BCUT2D eigenvalue weighted by molar-refractivity contribution is 14.1. The van der Waals surface area contributed by atoms with Gasteiger partial charge in [0.05, 0.1) is 9.62 Å². The van der Waals surface area contributed by atoms with Gasteiger partial charge in [0.15, 0.2) is 0 Å². The van der Waals surface area contributed by atoms with Crippen molar-refractivity contribution in [2.24, 2.45) is 0 Å². The van der Waals surface area contributed by atoms with Gasteiger partial charge < -0.3 is 0 Å². The van der Waals surface area contributed by atoms with E-state index >= 15 is 0 Å². The standard InChI is InChI=1S/C13H10INS/c14-12-10-5-2-1-4-9(10)8-16-11-6-3-7-15-13(11)12/h1-7,12H,8H2. The molecule has 0 radical (unpaired) electrons. The minimum atomic E-state index is 0.375. The van der Waals surface area contributed by atoms with Crippen LogP contribution in [0.4, 0.5) is 0 Å². The SMILES string of the molecule is IC1c2ccccc2CSc2cccnc21. The summed E-state index contributed by atoms with van der Waals surface area (Å²) < 4.78 is 0.375. The minimum absolute atomic E-state index is 0.375. The monoisotopic (exact) mass is 339 g/mol. The molecule has 2 aromatic rings. The van der Waals surface area contributed by atoms with Gasteiger partial charge >= 0.3 is 0 Å². The van der Waals surface area contributed by atoms with Gasteiger partial charge in [-0.25, -0.2) is 0 Å². The van der Waals surface area contributed by atoms with Crippen molar-refractivity contribution in [3.05, 3.63) is 59.4 Å². The van der Waals surface area contributed by atoms with Crippen LogP contribution in [0.3, 0.4) is 0 Å². The highest BCUT2D eigenvalue weighted by atomic mass is 127. The lowest BCUT2D eigenvalue weighted by atomic mass is 10.0. The van der Waals surface area contributed by atoms with Crippen LogP contribution in [-0.2, 0) is 5.75 Å². The Labute approximate surface area is 113 Å². The van der Waals surface area contributed by atoms with Gasteiger partial charge in [-0.15, -0.1) is 11.8 Å². The van der Waals surface area contributed by atoms with Crippen LogP contribution in [0.1, 0.15) is 20.7 Å². The zero-order valence-electron chi connectivity index (χ0n) is 8.56. The van der Waals surface area contributed by atoms with Crippen LogP contribution in [0.15, 0.2) is 47.5 Å². The molecule has 0 amide bonds. The lowest BCUT2D eigenvalue weighted by molar-refractivity contribution is 1.02. The largest absolute Gasteiger partial charge is 0.259 e. The molecule has 0 bridgehead atoms. The molecule has 3 rings (SSSR count). The molecular formula is C13H10INS. The van der Waals surface area contributed by atoms with E-state index in [4.69, 9.17) is 0 Å². The van der Waals surface area contributed by atoms with Crippen molar-refractivity contribution in [3.63, 3.8) is 0 Å². The van der Waals surface area contributed by atoms with Gasteiger partial charge in [-0.2, -0.15) is 0 Å². The average molecular weight is 339 g/mol. The molecule has 0 fully saturated rings. The van der Waals surface area contributed by atoms with E-state index in [0.29, 0.717) is 3.92 Å². The van der Waals surface area contributed by atoms with Crippen molar-refractivity contribution < 1.29 is 0 Å². The number of fused-ring (bicyclic) bond motifs is 2. The van der Waals surface area contributed by atoms with Crippen LogP contribution < -0.4 is 0 Å². The van der Waals surface area contributed by atoms with Crippen LogP contribution in [0, 0.1) is 0 Å². The van der Waals surface area contributed by atoms with Gasteiger partial charge in [0.2, 0.25) is 0 Å². The van der Waals surface area contributed by atoms with Gasteiger partial charge in [-0.05, 0) is 23.3 Å². The summed E-state index contributed by atoms with van der Waals surface area (Å²) in [4.78, 5) is 5.85. The number of hydrogen-bond donors (Lipinski definition) is 0. The Morgan fingerprint density at radius 2 is 2.06 bits per heavy atom. The number of halogens is 1. The first-order chi connectivity index (χ1) is 7.86. The first-order valence-corrected chi connectivity index (χ1v) is 7.39. The highest BCUT2D eigenvalue weighted by Gasteiger charge is 2.21. The molecule has 1 aliphatic heterocycles. The molecule has 3 heteroatoms. The van der Waals surface area contributed by atoms with E-state index in [1.165, 1.54) is 21.7 Å². The first kappa shape index (κ1) is 10.6. The summed E-state index contributed by atoms with van der Waals surface area (Å²) in [7, 11) is 0. The molecule has 1 aromatic carbocycles. The van der Waals surface area contributed by atoms with Crippen LogP contribution in [0.2, 0.25) is 0 Å². The second-order valence-corrected chi connectivity index (χ2v) is 6.00. The van der Waals surface area contributed by atoms with Crippen molar-refractivity contribution in [2.75, 3.05) is 0 Å². The summed E-state index contributed by atoms with van der Waals surface area (Å²) in [5.41, 5.74) is 4.05. The Kier molecular flexibility index (Phi) is 2.90. The Morgan fingerprint density at radius 3 is 3.00 bits per heavy atom. The molecule has 0 saturated heterocycles. The number of alkyl halides is 1. The van der Waals surface area contributed by atoms with E-state index in [9.17, 15) is 0 Å². The number of rotatable bonds is 0. The zero-order valence-corrected chi connectivity index (χ0v) is 11.5. The Balaban J connectivity index is 2.18. The van der Waals surface area contributed by atoms with Crippen molar-refractivity contribution in [1.29, 1.82) is 0 Å². The third-order valence-electron chi connectivity index (χ3n) is 2.75. The molecule has 2 heterocycles. The van der Waals surface area contributed by atoms with Gasteiger partial charge in [0.25, 0.3) is 0 Å². The molecule has 0 saturated carbocycles. The smallest absolute Gasteiger partial charge is 0.0795 e. The second kappa shape index (κ2) is 4.37. The number of nitrogens with zero attached hydrogens (tertiary/aromatic N) is 1. The number of aromatic nitrogens is 1. The Morgan fingerprint density at radius 1 is 1.19 bits per heavy atom. The molecule has 1 aromatic heterocycles. The summed E-state index contributed by atoms with van der Waals surface area (Å²) in [5.74, 6) is 1.05. The van der Waals surface area contributed by atoms with Crippen LogP contribution >= 0.6 is 34.4 Å². The number of pyridine rings is 1. The van der Waals surface area contributed by atoms with Gasteiger partial charge in [-0.1, -0.05) is 46.9 Å². The molecule has 0 spiro atoms. The second-order valence-electron chi connectivity index (χ2n) is 3.74. The molecule has 0 aliphatic carbocycles. The number of thioether (sulfide) groups is 1. The number of hydrogen-bond acceptors (Lipinski definition) is 2. The van der Waals surface area contributed by atoms with E-state index in [1.807, 2.05) is 24.0 Å². The Hall–Kier alpha value is -0.550. The maximum Gasteiger partial charge on any atom is 0.0795 e. The fourth-order valence-electron chi connectivity index (χ4n) is 1.93. The summed E-state index contributed by atoms with van der Waals surface area (Å²) in [6.07, 6.45) is 1.89. The van der Waals surface area contributed by atoms with E-state index in [1.54, 1.807) is 0 Å². The van der Waals surface area contributed by atoms with E-state index in [2.05, 4.69) is 57.9 Å². The third-order valence-corrected chi connectivity index (χ3v) is 5.12. The maximum atomic E-state index is 4.53. The topological polar surface area (TPSA) is 12.9 Å². The normalized spacial score (nSPS) is 18.4. The molecule has 16 heavy (non-hydrogen) atoms. The van der Waals surface area contributed by atoms with Crippen LogP contribution in [-0.4, -0.2) is 4.98 Å². The average Bonchev–Trinajstić information content (AvgIpc) is 2.49. The van der Waals surface area contributed by atoms with E-state index < -0.39 is 0 Å². The van der Waals surface area contributed by atoms with Crippen molar-refractivity contribution in [1.82, 2.24) is 4.98 Å². The summed E-state index contributed by atoms with van der Waals surface area (Å²) in [5, 5.41) is 0. The van der Waals surface area contributed by atoms with Crippen molar-refractivity contribution in [3.8, 4) is 0 Å². The predicted molar refractivity (Wildman–Crippen MR) is 76.1 cm³/mol. The van der Waals surface area contributed by atoms with Crippen LogP contribution in [0.25, 0.3) is 0 Å². The first-order valence-electron chi connectivity index (χ1n) is 5.16. The van der Waals surface area contributed by atoms with E-state index in [0.717, 1.165) is 5.75 Å². The number of benzene rings is 1. The van der Waals surface area contributed by atoms with Gasteiger partial charge in [-0.3, -0.25) is 4.98 Å². The molecular weight excluding hydrogens is 329 g/mol. The summed E-state index contributed by atoms with van der Waals surface area (Å²) >= 11 is 4.38. The van der Waals surface area contributed by atoms with Gasteiger partial charge in [0, 0.05) is 16.8 Å². The van der Waals surface area contributed by atoms with Crippen molar-refractivity contribution in [2.45, 2.75) is 14.6 Å². The minimum Gasteiger partial charge on any atom is -0.259 e. The highest BCUT2D eigenvalue weighted by Crippen LogP contribution is 2.42. The summed E-state index contributed by atoms with van der Waals surface area (Å²) in [6, 6.07) is 12.9. The van der Waals surface area contributed by atoms with E-state index in [-0.39, 0.29) is 0 Å². The maximum absolute atomic E-state index is 4.53. The lowest BCUT2D eigenvalue weighted by Crippen LogP contribution is -1.97.